The quantitative estimate of drug-likeness (QED) is 0.389. The minimum atomic E-state index is -1.55. The van der Waals surface area contributed by atoms with E-state index in [2.05, 4.69) is 5.10 Å². The molecule has 0 saturated carbocycles. The Labute approximate surface area is 151 Å². The van der Waals surface area contributed by atoms with Crippen LogP contribution in [0.4, 0.5) is 8.78 Å². The lowest BCUT2D eigenvalue weighted by atomic mass is 10.0. The molecule has 1 unspecified atom stereocenters. The maximum atomic E-state index is 15.2. The minimum absolute atomic E-state index is 0.00692. The first kappa shape index (κ1) is 18.0. The molecule has 0 saturated heterocycles. The van der Waals surface area contributed by atoms with Gasteiger partial charge in [0.1, 0.15) is 17.5 Å². The van der Waals surface area contributed by atoms with Crippen molar-refractivity contribution in [2.24, 2.45) is 0 Å². The Hall–Kier alpha value is -2.76. The summed E-state index contributed by atoms with van der Waals surface area (Å²) >= 11 is 0. The van der Waals surface area contributed by atoms with Crippen LogP contribution in [-0.4, -0.2) is 9.67 Å². The van der Waals surface area contributed by atoms with Crippen molar-refractivity contribution >= 4 is 10.9 Å². The molecule has 6 heteroatoms. The van der Waals surface area contributed by atoms with Gasteiger partial charge in [-0.25, -0.2) is 8.78 Å². The zero-order valence-corrected chi connectivity index (χ0v) is 15.0. The van der Waals surface area contributed by atoms with E-state index in [-0.39, 0.29) is 17.9 Å². The SMILES string of the molecule is CC=CCn1c(C)c(C)c2cn[n+]([O-])c(C(F)Cc3ccc(F)cc3)c21. The number of nitrogens with zero attached hydrogens (tertiary/aromatic N) is 3. The molecule has 1 atom stereocenters. The van der Waals surface area contributed by atoms with Crippen LogP contribution in [0.15, 0.2) is 42.6 Å². The number of hydrogen-bond donors (Lipinski definition) is 0. The maximum Gasteiger partial charge on any atom is 0.280 e. The van der Waals surface area contributed by atoms with E-state index in [4.69, 9.17) is 0 Å². The number of benzene rings is 1. The van der Waals surface area contributed by atoms with Crippen LogP contribution in [0.3, 0.4) is 0 Å². The number of aromatic nitrogens is 3. The number of allylic oxidation sites excluding steroid dienone is 2. The topological polar surface area (TPSA) is 44.8 Å². The summed E-state index contributed by atoms with van der Waals surface area (Å²) in [5.41, 5.74) is 3.13. The van der Waals surface area contributed by atoms with Crippen LogP contribution >= 0.6 is 0 Å². The van der Waals surface area contributed by atoms with Gasteiger partial charge in [0, 0.05) is 29.1 Å². The van der Waals surface area contributed by atoms with Gasteiger partial charge in [0.15, 0.2) is 6.17 Å². The second-order valence-corrected chi connectivity index (χ2v) is 6.35. The molecule has 0 spiro atoms. The molecule has 0 aliphatic rings. The van der Waals surface area contributed by atoms with Crippen molar-refractivity contribution in [3.05, 3.63) is 76.2 Å². The third kappa shape index (κ3) is 3.19. The zero-order valence-electron chi connectivity index (χ0n) is 15.0. The lowest BCUT2D eigenvalue weighted by molar-refractivity contribution is -0.678. The predicted molar refractivity (Wildman–Crippen MR) is 96.9 cm³/mol. The van der Waals surface area contributed by atoms with Gasteiger partial charge in [-0.2, -0.15) is 0 Å². The van der Waals surface area contributed by atoms with Crippen LogP contribution in [0, 0.1) is 24.9 Å². The monoisotopic (exact) mass is 357 g/mol. The summed E-state index contributed by atoms with van der Waals surface area (Å²) in [6.45, 7) is 6.35. The van der Waals surface area contributed by atoms with Crippen molar-refractivity contribution < 1.29 is 13.6 Å². The molecule has 0 fully saturated rings. The lowest BCUT2D eigenvalue weighted by Crippen LogP contribution is -2.37. The molecule has 0 N–H and O–H groups in total. The first-order valence-corrected chi connectivity index (χ1v) is 8.51. The van der Waals surface area contributed by atoms with Gasteiger partial charge >= 0.3 is 0 Å². The molecule has 0 radical (unpaired) electrons. The second-order valence-electron chi connectivity index (χ2n) is 6.35. The van der Waals surface area contributed by atoms with Gasteiger partial charge < -0.3 is 9.77 Å². The highest BCUT2D eigenvalue weighted by Crippen LogP contribution is 2.31. The molecule has 4 nitrogen and oxygen atoms in total. The number of hydrogen-bond acceptors (Lipinski definition) is 2. The van der Waals surface area contributed by atoms with Gasteiger partial charge in [-0.05, 0) is 48.9 Å². The summed E-state index contributed by atoms with van der Waals surface area (Å²) in [4.78, 5) is 0.363. The number of alkyl halides is 1. The van der Waals surface area contributed by atoms with E-state index in [9.17, 15) is 9.60 Å². The number of rotatable bonds is 5. The van der Waals surface area contributed by atoms with Crippen molar-refractivity contribution in [2.45, 2.75) is 39.9 Å². The predicted octanol–water partition coefficient (Wildman–Crippen LogP) is 4.26. The van der Waals surface area contributed by atoms with E-state index in [0.717, 1.165) is 16.6 Å². The smallest absolute Gasteiger partial charge is 0.280 e. The van der Waals surface area contributed by atoms with Gasteiger partial charge in [-0.15, -0.1) is 0 Å². The molecular formula is C20H21F2N3O. The van der Waals surface area contributed by atoms with Crippen molar-refractivity contribution in [1.29, 1.82) is 0 Å². The summed E-state index contributed by atoms with van der Waals surface area (Å²) in [5, 5.41) is 16.9. The summed E-state index contributed by atoms with van der Waals surface area (Å²) < 4.78 is 30.2. The van der Waals surface area contributed by atoms with Crippen LogP contribution < -0.4 is 4.85 Å². The van der Waals surface area contributed by atoms with Crippen LogP contribution in [0.2, 0.25) is 0 Å². The summed E-state index contributed by atoms with van der Waals surface area (Å²) in [5.74, 6) is -0.377. The molecule has 3 rings (SSSR count). The minimum Gasteiger partial charge on any atom is -0.594 e. The number of fused-ring (bicyclic) bond motifs is 1. The van der Waals surface area contributed by atoms with E-state index < -0.39 is 6.17 Å². The molecule has 2 heterocycles. The molecule has 2 aromatic heterocycles. The normalized spacial score (nSPS) is 13.0. The van der Waals surface area contributed by atoms with Crippen molar-refractivity contribution in [3.8, 4) is 0 Å². The fraction of sp³-hybridized carbons (Fsp3) is 0.300. The molecule has 3 aromatic rings. The average molecular weight is 357 g/mol. The molecule has 136 valence electrons. The molecule has 0 amide bonds. The molecule has 0 aliphatic heterocycles. The average Bonchev–Trinajstić information content (AvgIpc) is 2.86. The van der Waals surface area contributed by atoms with Gasteiger partial charge in [-0.3, -0.25) is 0 Å². The second kappa shape index (κ2) is 7.23. The summed E-state index contributed by atoms with van der Waals surface area (Å²) in [7, 11) is 0. The van der Waals surface area contributed by atoms with Crippen LogP contribution in [-0.2, 0) is 13.0 Å². The van der Waals surface area contributed by atoms with Gasteiger partial charge in [-0.1, -0.05) is 24.3 Å². The maximum absolute atomic E-state index is 15.2. The van der Waals surface area contributed by atoms with Crippen molar-refractivity contribution in [1.82, 2.24) is 9.67 Å². The standard InChI is InChI=1S/C20H21F2N3O/c1-4-5-10-24-14(3)13(2)17-12-23-25(26)20(19(17)24)18(22)11-15-6-8-16(21)9-7-15/h4-9,12,18H,10-11H2,1-3H3. The molecule has 26 heavy (non-hydrogen) atoms. The number of aryl methyl sites for hydroxylation is 1. The Morgan fingerprint density at radius 1 is 1.27 bits per heavy atom. The Morgan fingerprint density at radius 2 is 1.96 bits per heavy atom. The Morgan fingerprint density at radius 3 is 2.62 bits per heavy atom. The first-order chi connectivity index (χ1) is 12.4. The van der Waals surface area contributed by atoms with Crippen LogP contribution in [0.25, 0.3) is 10.9 Å². The Bertz CT molecular complexity index is 962. The summed E-state index contributed by atoms with van der Waals surface area (Å²) in [6, 6.07) is 5.63. The van der Waals surface area contributed by atoms with E-state index in [0.29, 0.717) is 22.5 Å². The van der Waals surface area contributed by atoms with Gasteiger partial charge in [0.25, 0.3) is 5.69 Å². The Balaban J connectivity index is 2.12. The zero-order chi connectivity index (χ0) is 18.8. The molecule has 0 aliphatic carbocycles. The third-order valence-corrected chi connectivity index (χ3v) is 4.77. The fourth-order valence-corrected chi connectivity index (χ4v) is 3.22. The largest absolute Gasteiger partial charge is 0.594 e. The van der Waals surface area contributed by atoms with E-state index in [1.807, 2.05) is 37.5 Å². The highest BCUT2D eigenvalue weighted by Gasteiger charge is 2.29. The van der Waals surface area contributed by atoms with Crippen molar-refractivity contribution in [3.63, 3.8) is 0 Å². The van der Waals surface area contributed by atoms with Crippen LogP contribution in [0.5, 0.6) is 0 Å². The van der Waals surface area contributed by atoms with E-state index >= 15 is 4.39 Å². The van der Waals surface area contributed by atoms with Crippen molar-refractivity contribution in [2.75, 3.05) is 0 Å². The number of halogens is 2. The highest BCUT2D eigenvalue weighted by atomic mass is 19.1. The molecular weight excluding hydrogens is 336 g/mol. The Kier molecular flexibility index (Phi) is 5.02. The fourth-order valence-electron chi connectivity index (χ4n) is 3.22. The van der Waals surface area contributed by atoms with Crippen LogP contribution in [0.1, 0.15) is 35.6 Å². The van der Waals surface area contributed by atoms with E-state index in [1.54, 1.807) is 0 Å². The van der Waals surface area contributed by atoms with Gasteiger partial charge in [0.2, 0.25) is 0 Å². The lowest BCUT2D eigenvalue weighted by Gasteiger charge is -2.12. The summed E-state index contributed by atoms with van der Waals surface area (Å²) in [6.07, 6.45) is 3.80. The van der Waals surface area contributed by atoms with Gasteiger partial charge in [0.05, 0.1) is 0 Å². The first-order valence-electron chi connectivity index (χ1n) is 8.51. The molecule has 0 bridgehead atoms. The highest BCUT2D eigenvalue weighted by molar-refractivity contribution is 5.85. The third-order valence-electron chi connectivity index (χ3n) is 4.77. The van der Waals surface area contributed by atoms with E-state index in [1.165, 1.54) is 30.5 Å². The molecule has 1 aromatic carbocycles.